The minimum atomic E-state index is -1.16. The van der Waals surface area contributed by atoms with Crippen molar-refractivity contribution in [2.75, 3.05) is 6.61 Å². The first-order valence-corrected chi connectivity index (χ1v) is 6.60. The summed E-state index contributed by atoms with van der Waals surface area (Å²) in [5.41, 5.74) is -0.661. The Morgan fingerprint density at radius 1 is 1.56 bits per heavy atom. The van der Waals surface area contributed by atoms with Crippen LogP contribution in [0.15, 0.2) is 24.3 Å². The Morgan fingerprint density at radius 3 is 2.61 bits per heavy atom. The predicted molar refractivity (Wildman–Crippen MR) is 73.1 cm³/mol. The minimum absolute atomic E-state index is 0.219. The third-order valence-electron chi connectivity index (χ3n) is 4.25. The smallest absolute Gasteiger partial charge is 0.103 e. The minimum Gasteiger partial charge on any atom is -0.393 e. The van der Waals surface area contributed by atoms with Crippen molar-refractivity contribution >= 4 is 0 Å². The van der Waals surface area contributed by atoms with Gasteiger partial charge in [-0.25, -0.2) is 0 Å². The summed E-state index contributed by atoms with van der Waals surface area (Å²) < 4.78 is 0. The molecule has 1 aliphatic rings. The van der Waals surface area contributed by atoms with Crippen LogP contribution in [0.4, 0.5) is 0 Å². The average Bonchev–Trinajstić information content (AvgIpc) is 2.54. The van der Waals surface area contributed by atoms with Crippen molar-refractivity contribution in [2.24, 2.45) is 11.8 Å². The maximum absolute atomic E-state index is 10.1. The van der Waals surface area contributed by atoms with E-state index < -0.39 is 11.2 Å². The number of aliphatic hydroxyl groups excluding tert-OH is 1. The van der Waals surface area contributed by atoms with E-state index in [4.69, 9.17) is 5.11 Å². The molecule has 104 valence electrons. The van der Waals surface area contributed by atoms with Gasteiger partial charge in [0.1, 0.15) is 5.60 Å². The highest BCUT2D eigenvalue weighted by Gasteiger charge is 2.41. The molecule has 0 bridgehead atoms. The summed E-state index contributed by atoms with van der Waals surface area (Å²) in [6.07, 6.45) is 5.92. The summed E-state index contributed by atoms with van der Waals surface area (Å²) in [6, 6.07) is 0. The second-order valence-electron chi connectivity index (χ2n) is 6.07. The lowest BCUT2D eigenvalue weighted by Crippen LogP contribution is -2.29. The van der Waals surface area contributed by atoms with E-state index in [1.807, 2.05) is 13.0 Å². The predicted octanol–water partition coefficient (Wildman–Crippen LogP) is 2.03. The molecule has 0 aromatic heterocycles. The maximum atomic E-state index is 10.1. The zero-order valence-corrected chi connectivity index (χ0v) is 11.7. The van der Waals surface area contributed by atoms with Gasteiger partial charge in [-0.15, -0.1) is 0 Å². The lowest BCUT2D eigenvalue weighted by atomic mass is 9.84. The van der Waals surface area contributed by atoms with Gasteiger partial charge in [0.05, 0.1) is 12.2 Å². The van der Waals surface area contributed by atoms with Crippen LogP contribution in [0.1, 0.15) is 40.0 Å². The number of allylic oxidation sites excluding steroid dienone is 2. The third kappa shape index (κ3) is 3.67. The fourth-order valence-corrected chi connectivity index (χ4v) is 2.58. The van der Waals surface area contributed by atoms with E-state index >= 15 is 0 Å². The van der Waals surface area contributed by atoms with Gasteiger partial charge in [0.15, 0.2) is 0 Å². The number of hydrogen-bond acceptors (Lipinski definition) is 3. The fourth-order valence-electron chi connectivity index (χ4n) is 2.58. The molecular formula is C15H26O3. The quantitative estimate of drug-likeness (QED) is 0.658. The first kappa shape index (κ1) is 15.4. The topological polar surface area (TPSA) is 60.7 Å². The van der Waals surface area contributed by atoms with Crippen LogP contribution in [0, 0.1) is 11.8 Å². The summed E-state index contributed by atoms with van der Waals surface area (Å²) in [4.78, 5) is 0. The highest BCUT2D eigenvalue weighted by molar-refractivity contribution is 5.14. The monoisotopic (exact) mass is 254 g/mol. The molecule has 0 amide bonds. The van der Waals surface area contributed by atoms with E-state index in [2.05, 4.69) is 13.5 Å². The van der Waals surface area contributed by atoms with Crippen LogP contribution in [0.2, 0.25) is 0 Å². The number of rotatable bonds is 5. The van der Waals surface area contributed by atoms with Crippen molar-refractivity contribution in [2.45, 2.75) is 51.2 Å². The highest BCUT2D eigenvalue weighted by atomic mass is 16.3. The second-order valence-corrected chi connectivity index (χ2v) is 6.07. The van der Waals surface area contributed by atoms with Gasteiger partial charge in [0, 0.05) is 0 Å². The highest BCUT2D eigenvalue weighted by Crippen LogP contribution is 2.43. The SMILES string of the molecule is C=C(C/C=C/C(C)(O)CO)[C@@H]1CC[C@@](C)(O)[C@H]1C. The molecule has 1 saturated carbocycles. The van der Waals surface area contributed by atoms with Crippen molar-refractivity contribution in [1.82, 2.24) is 0 Å². The molecule has 1 rings (SSSR count). The summed E-state index contributed by atoms with van der Waals surface area (Å²) in [5, 5.41) is 28.7. The normalized spacial score (nSPS) is 35.9. The van der Waals surface area contributed by atoms with E-state index in [-0.39, 0.29) is 12.5 Å². The summed E-state index contributed by atoms with van der Waals surface area (Å²) in [5.74, 6) is 0.556. The summed E-state index contributed by atoms with van der Waals surface area (Å²) in [6.45, 7) is 9.32. The first-order valence-electron chi connectivity index (χ1n) is 6.60. The fraction of sp³-hybridized carbons (Fsp3) is 0.733. The molecule has 0 saturated heterocycles. The molecule has 3 N–H and O–H groups in total. The van der Waals surface area contributed by atoms with Gasteiger partial charge in [0.2, 0.25) is 0 Å². The lowest BCUT2D eigenvalue weighted by Gasteiger charge is -2.26. The van der Waals surface area contributed by atoms with Crippen LogP contribution >= 0.6 is 0 Å². The van der Waals surface area contributed by atoms with E-state index in [0.717, 1.165) is 18.4 Å². The molecule has 0 radical (unpaired) electrons. The number of hydrogen-bond donors (Lipinski definition) is 3. The first-order chi connectivity index (χ1) is 8.19. The van der Waals surface area contributed by atoms with Crippen molar-refractivity contribution < 1.29 is 15.3 Å². The second kappa shape index (κ2) is 5.55. The van der Waals surface area contributed by atoms with E-state index in [0.29, 0.717) is 12.3 Å². The molecule has 3 heteroatoms. The zero-order chi connectivity index (χ0) is 14.0. The Morgan fingerprint density at radius 2 is 2.17 bits per heavy atom. The molecule has 0 aromatic carbocycles. The Hall–Kier alpha value is -0.640. The molecule has 1 fully saturated rings. The number of aliphatic hydroxyl groups is 3. The molecule has 3 nitrogen and oxygen atoms in total. The Balaban J connectivity index is 2.53. The molecular weight excluding hydrogens is 228 g/mol. The van der Waals surface area contributed by atoms with E-state index in [1.54, 1.807) is 13.0 Å². The van der Waals surface area contributed by atoms with Crippen LogP contribution in [-0.4, -0.2) is 33.1 Å². The van der Waals surface area contributed by atoms with Crippen molar-refractivity contribution in [3.63, 3.8) is 0 Å². The van der Waals surface area contributed by atoms with Crippen molar-refractivity contribution in [1.29, 1.82) is 0 Å². The van der Waals surface area contributed by atoms with Gasteiger partial charge in [-0.05, 0) is 44.9 Å². The maximum Gasteiger partial charge on any atom is 0.103 e. The van der Waals surface area contributed by atoms with Crippen LogP contribution in [0.3, 0.4) is 0 Å². The molecule has 0 aliphatic heterocycles. The van der Waals surface area contributed by atoms with Crippen LogP contribution < -0.4 is 0 Å². The lowest BCUT2D eigenvalue weighted by molar-refractivity contribution is 0.0215. The largest absolute Gasteiger partial charge is 0.393 e. The summed E-state index contributed by atoms with van der Waals surface area (Å²) >= 11 is 0. The third-order valence-corrected chi connectivity index (χ3v) is 4.25. The van der Waals surface area contributed by atoms with Gasteiger partial charge in [-0.1, -0.05) is 31.2 Å². The van der Waals surface area contributed by atoms with Crippen LogP contribution in [-0.2, 0) is 0 Å². The zero-order valence-electron chi connectivity index (χ0n) is 11.7. The molecule has 1 unspecified atom stereocenters. The molecule has 0 aromatic rings. The van der Waals surface area contributed by atoms with Crippen LogP contribution in [0.25, 0.3) is 0 Å². The van der Waals surface area contributed by atoms with Crippen molar-refractivity contribution in [3.05, 3.63) is 24.3 Å². The molecule has 18 heavy (non-hydrogen) atoms. The van der Waals surface area contributed by atoms with Gasteiger partial charge >= 0.3 is 0 Å². The van der Waals surface area contributed by atoms with Gasteiger partial charge < -0.3 is 15.3 Å². The Bertz CT molecular complexity index is 329. The van der Waals surface area contributed by atoms with E-state index in [9.17, 15) is 10.2 Å². The average molecular weight is 254 g/mol. The summed E-state index contributed by atoms with van der Waals surface area (Å²) in [7, 11) is 0. The van der Waals surface area contributed by atoms with Crippen LogP contribution in [0.5, 0.6) is 0 Å². The molecule has 4 atom stereocenters. The Labute approximate surface area is 110 Å². The van der Waals surface area contributed by atoms with Crippen molar-refractivity contribution in [3.8, 4) is 0 Å². The molecule has 0 spiro atoms. The van der Waals surface area contributed by atoms with E-state index in [1.165, 1.54) is 0 Å². The molecule has 1 aliphatic carbocycles. The van der Waals surface area contributed by atoms with Gasteiger partial charge in [-0.3, -0.25) is 0 Å². The van der Waals surface area contributed by atoms with Gasteiger partial charge in [-0.2, -0.15) is 0 Å². The Kier molecular flexibility index (Phi) is 4.76. The molecule has 0 heterocycles. The van der Waals surface area contributed by atoms with Gasteiger partial charge in [0.25, 0.3) is 0 Å². The standard InChI is InChI=1S/C15H26O3/c1-11(6-5-8-14(3,17)10-16)13-7-9-15(4,18)12(13)2/h5,8,12-13,16-18H,1,6-7,9-10H2,2-4H3/b8-5+/t12-,13-,14?,15+/m0/s1.